The van der Waals surface area contributed by atoms with Gasteiger partial charge in [0, 0.05) is 11.9 Å². The molecule has 106 valence electrons. The van der Waals surface area contributed by atoms with Gasteiger partial charge in [0.25, 0.3) is 0 Å². The van der Waals surface area contributed by atoms with Crippen LogP contribution in [0.5, 0.6) is 5.75 Å². The molecule has 19 heavy (non-hydrogen) atoms. The van der Waals surface area contributed by atoms with Gasteiger partial charge in [-0.05, 0) is 30.0 Å². The summed E-state index contributed by atoms with van der Waals surface area (Å²) in [6, 6.07) is 7.70. The summed E-state index contributed by atoms with van der Waals surface area (Å²) in [5.41, 5.74) is 0.949. The van der Waals surface area contributed by atoms with Gasteiger partial charge >= 0.3 is 0 Å². The summed E-state index contributed by atoms with van der Waals surface area (Å²) in [6.07, 6.45) is 1.16. The lowest BCUT2D eigenvalue weighted by atomic mass is 10.0. The molecule has 0 spiro atoms. The van der Waals surface area contributed by atoms with Crippen LogP contribution < -0.4 is 10.1 Å². The first-order valence-corrected chi connectivity index (χ1v) is 7.08. The third-order valence-corrected chi connectivity index (χ3v) is 3.29. The Morgan fingerprint density at radius 2 is 2.16 bits per heavy atom. The Labute approximate surface area is 120 Å². The van der Waals surface area contributed by atoms with Gasteiger partial charge in [-0.25, -0.2) is 0 Å². The molecule has 1 unspecified atom stereocenters. The van der Waals surface area contributed by atoms with Crippen LogP contribution in [0.1, 0.15) is 25.8 Å². The Hall–Kier alpha value is -1.22. The molecule has 0 heterocycles. The van der Waals surface area contributed by atoms with E-state index in [2.05, 4.69) is 19.2 Å². The van der Waals surface area contributed by atoms with E-state index in [1.54, 1.807) is 7.11 Å². The molecule has 1 N–H and O–H groups in total. The Kier molecular flexibility index (Phi) is 6.71. The topological polar surface area (TPSA) is 38.3 Å². The predicted octanol–water partition coefficient (Wildman–Crippen LogP) is 3.01. The summed E-state index contributed by atoms with van der Waals surface area (Å²) < 4.78 is 5.15. The first-order valence-electron chi connectivity index (χ1n) is 6.55. The van der Waals surface area contributed by atoms with Crippen molar-refractivity contribution < 1.29 is 9.53 Å². The Morgan fingerprint density at radius 3 is 2.74 bits per heavy atom. The number of hydrogen-bond donors (Lipinski definition) is 1. The molecule has 0 saturated heterocycles. The monoisotopic (exact) mass is 283 g/mol. The molecule has 0 aliphatic heterocycles. The third-order valence-electron chi connectivity index (χ3n) is 3.07. The number of amides is 1. The van der Waals surface area contributed by atoms with Gasteiger partial charge in [-0.15, -0.1) is 11.6 Å². The SMILES string of the molecule is COc1cccc(CC(=O)NC(CCCl)C(C)C)c1. The van der Waals surface area contributed by atoms with Crippen molar-refractivity contribution in [1.82, 2.24) is 5.32 Å². The van der Waals surface area contributed by atoms with Crippen LogP contribution in [-0.4, -0.2) is 24.9 Å². The quantitative estimate of drug-likeness (QED) is 0.781. The van der Waals surface area contributed by atoms with Gasteiger partial charge in [-0.2, -0.15) is 0 Å². The van der Waals surface area contributed by atoms with Gasteiger partial charge in [0.1, 0.15) is 5.75 Å². The number of carbonyl (C=O) groups excluding carboxylic acids is 1. The van der Waals surface area contributed by atoms with Gasteiger partial charge in [0.2, 0.25) is 5.91 Å². The maximum Gasteiger partial charge on any atom is 0.224 e. The molecule has 0 saturated carbocycles. The Bertz CT molecular complexity index is 407. The number of ether oxygens (including phenoxy) is 1. The number of benzene rings is 1. The molecular formula is C15H22ClNO2. The number of alkyl halides is 1. The second kappa shape index (κ2) is 8.05. The zero-order valence-electron chi connectivity index (χ0n) is 11.8. The lowest BCUT2D eigenvalue weighted by molar-refractivity contribution is -0.121. The number of halogens is 1. The summed E-state index contributed by atoms with van der Waals surface area (Å²) in [7, 11) is 1.62. The molecule has 1 atom stereocenters. The highest BCUT2D eigenvalue weighted by Crippen LogP contribution is 2.13. The van der Waals surface area contributed by atoms with Crippen molar-refractivity contribution in [2.45, 2.75) is 32.7 Å². The van der Waals surface area contributed by atoms with E-state index in [0.29, 0.717) is 18.2 Å². The lowest BCUT2D eigenvalue weighted by Crippen LogP contribution is -2.39. The fourth-order valence-electron chi connectivity index (χ4n) is 1.92. The van der Waals surface area contributed by atoms with Gasteiger partial charge in [-0.3, -0.25) is 4.79 Å². The fourth-order valence-corrected chi connectivity index (χ4v) is 2.15. The van der Waals surface area contributed by atoms with Crippen LogP contribution in [0, 0.1) is 5.92 Å². The van der Waals surface area contributed by atoms with E-state index in [1.807, 2.05) is 24.3 Å². The minimum Gasteiger partial charge on any atom is -0.497 e. The number of hydrogen-bond acceptors (Lipinski definition) is 2. The van der Waals surface area contributed by atoms with Crippen molar-refractivity contribution in [2.75, 3.05) is 13.0 Å². The number of nitrogens with one attached hydrogen (secondary N) is 1. The first kappa shape index (κ1) is 15.8. The predicted molar refractivity (Wildman–Crippen MR) is 78.8 cm³/mol. The molecular weight excluding hydrogens is 262 g/mol. The second-order valence-electron chi connectivity index (χ2n) is 4.92. The van der Waals surface area contributed by atoms with Crippen molar-refractivity contribution in [3.05, 3.63) is 29.8 Å². The zero-order chi connectivity index (χ0) is 14.3. The van der Waals surface area contributed by atoms with Crippen LogP contribution in [0.25, 0.3) is 0 Å². The van der Waals surface area contributed by atoms with E-state index >= 15 is 0 Å². The Morgan fingerprint density at radius 1 is 1.42 bits per heavy atom. The molecule has 1 rings (SSSR count). The molecule has 1 aromatic rings. The largest absolute Gasteiger partial charge is 0.497 e. The number of rotatable bonds is 7. The molecule has 3 nitrogen and oxygen atoms in total. The van der Waals surface area contributed by atoms with Crippen molar-refractivity contribution in [3.63, 3.8) is 0 Å². The minimum atomic E-state index is 0.0251. The maximum absolute atomic E-state index is 12.0. The van der Waals surface area contributed by atoms with Crippen molar-refractivity contribution in [2.24, 2.45) is 5.92 Å². The van der Waals surface area contributed by atoms with Crippen LogP contribution in [0.15, 0.2) is 24.3 Å². The molecule has 0 bridgehead atoms. The molecule has 0 radical (unpaired) electrons. The molecule has 0 aromatic heterocycles. The summed E-state index contributed by atoms with van der Waals surface area (Å²) in [6.45, 7) is 4.17. The van der Waals surface area contributed by atoms with E-state index in [9.17, 15) is 4.79 Å². The van der Waals surface area contributed by atoms with E-state index in [4.69, 9.17) is 16.3 Å². The van der Waals surface area contributed by atoms with Gasteiger partial charge in [0.15, 0.2) is 0 Å². The second-order valence-corrected chi connectivity index (χ2v) is 5.30. The average molecular weight is 284 g/mol. The summed E-state index contributed by atoms with van der Waals surface area (Å²) in [5.74, 6) is 1.74. The normalized spacial score (nSPS) is 12.3. The van der Waals surface area contributed by atoms with Gasteiger partial charge in [0.05, 0.1) is 13.5 Å². The Balaban J connectivity index is 2.58. The minimum absolute atomic E-state index is 0.0251. The van der Waals surface area contributed by atoms with Gasteiger partial charge in [-0.1, -0.05) is 26.0 Å². The van der Waals surface area contributed by atoms with Crippen molar-refractivity contribution >= 4 is 17.5 Å². The van der Waals surface area contributed by atoms with Crippen LogP contribution in [0.3, 0.4) is 0 Å². The lowest BCUT2D eigenvalue weighted by Gasteiger charge is -2.21. The first-order chi connectivity index (χ1) is 9.06. The van der Waals surface area contributed by atoms with Crippen LogP contribution in [-0.2, 0) is 11.2 Å². The van der Waals surface area contributed by atoms with Crippen LogP contribution >= 0.6 is 11.6 Å². The third kappa shape index (κ3) is 5.52. The highest BCUT2D eigenvalue weighted by Gasteiger charge is 2.15. The maximum atomic E-state index is 12.0. The highest BCUT2D eigenvalue weighted by atomic mass is 35.5. The molecule has 0 fully saturated rings. The van der Waals surface area contributed by atoms with Crippen LogP contribution in [0.4, 0.5) is 0 Å². The highest BCUT2D eigenvalue weighted by molar-refractivity contribution is 6.17. The smallest absolute Gasteiger partial charge is 0.224 e. The number of methoxy groups -OCH3 is 1. The summed E-state index contributed by atoms with van der Waals surface area (Å²) >= 11 is 5.76. The van der Waals surface area contributed by atoms with Gasteiger partial charge < -0.3 is 10.1 Å². The van der Waals surface area contributed by atoms with Crippen molar-refractivity contribution in [3.8, 4) is 5.75 Å². The van der Waals surface area contributed by atoms with E-state index in [-0.39, 0.29) is 11.9 Å². The number of carbonyl (C=O) groups is 1. The average Bonchev–Trinajstić information content (AvgIpc) is 2.38. The summed E-state index contributed by atoms with van der Waals surface area (Å²) in [4.78, 5) is 12.0. The standard InChI is InChI=1S/C15H22ClNO2/c1-11(2)14(7-8-16)17-15(18)10-12-5-4-6-13(9-12)19-3/h4-6,9,11,14H,7-8,10H2,1-3H3,(H,17,18). The molecule has 0 aliphatic rings. The van der Waals surface area contributed by atoms with Crippen LogP contribution in [0.2, 0.25) is 0 Å². The fraction of sp³-hybridized carbons (Fsp3) is 0.533. The molecule has 4 heteroatoms. The van der Waals surface area contributed by atoms with E-state index < -0.39 is 0 Å². The zero-order valence-corrected chi connectivity index (χ0v) is 12.5. The molecule has 0 aliphatic carbocycles. The molecule has 1 aromatic carbocycles. The molecule has 1 amide bonds. The van der Waals surface area contributed by atoms with Crippen molar-refractivity contribution in [1.29, 1.82) is 0 Å². The summed E-state index contributed by atoms with van der Waals surface area (Å²) in [5, 5.41) is 3.04. The van der Waals surface area contributed by atoms with E-state index in [1.165, 1.54) is 0 Å². The van der Waals surface area contributed by atoms with E-state index in [0.717, 1.165) is 17.7 Å².